The van der Waals surface area contributed by atoms with E-state index in [1.165, 1.54) is 93.8 Å². The number of rotatable bonds is 7. The van der Waals surface area contributed by atoms with Crippen molar-refractivity contribution in [3.05, 3.63) is 295 Å². The smallest absolute Gasteiger partial charge is 0.0979 e. The van der Waals surface area contributed by atoms with E-state index in [9.17, 15) is 0 Å². The van der Waals surface area contributed by atoms with Crippen LogP contribution in [0.3, 0.4) is 0 Å². The van der Waals surface area contributed by atoms with Crippen molar-refractivity contribution < 1.29 is 0 Å². The van der Waals surface area contributed by atoms with Crippen LogP contribution in [-0.2, 0) is 5.41 Å². The highest BCUT2D eigenvalue weighted by molar-refractivity contribution is 6.23. The molecule has 344 valence electrons. The van der Waals surface area contributed by atoms with Crippen molar-refractivity contribution >= 4 is 54.4 Å². The van der Waals surface area contributed by atoms with Gasteiger partial charge in [0, 0.05) is 32.8 Å². The summed E-state index contributed by atoms with van der Waals surface area (Å²) in [6.07, 6.45) is 1.91. The molecule has 1 aliphatic rings. The Balaban J connectivity index is 0.752. The quantitative estimate of drug-likeness (QED) is 0.149. The molecule has 0 unspecified atom stereocenters. The number of para-hydroxylation sites is 1. The molecule has 0 bridgehead atoms. The monoisotopic (exact) mass is 939 g/mol. The van der Waals surface area contributed by atoms with Gasteiger partial charge < -0.3 is 4.57 Å². The first-order valence-corrected chi connectivity index (χ1v) is 25.5. The summed E-state index contributed by atoms with van der Waals surface area (Å²) in [4.78, 5) is 10.2. The Labute approximate surface area is 429 Å². The van der Waals surface area contributed by atoms with Crippen LogP contribution in [-0.4, -0.2) is 14.5 Å². The molecule has 2 heterocycles. The molecule has 3 heteroatoms. The van der Waals surface area contributed by atoms with Gasteiger partial charge in [-0.25, -0.2) is 4.98 Å². The van der Waals surface area contributed by atoms with Crippen LogP contribution in [0.2, 0.25) is 0 Å². The highest BCUT2D eigenvalue weighted by atomic mass is 15.0. The van der Waals surface area contributed by atoms with E-state index in [0.717, 1.165) is 44.3 Å². The first kappa shape index (κ1) is 42.0. The van der Waals surface area contributed by atoms with Crippen molar-refractivity contribution in [2.45, 2.75) is 5.41 Å². The number of benzene rings is 12. The largest absolute Gasteiger partial charge is 0.309 e. The van der Waals surface area contributed by atoms with E-state index in [0.29, 0.717) is 0 Å². The van der Waals surface area contributed by atoms with Gasteiger partial charge >= 0.3 is 0 Å². The zero-order valence-corrected chi connectivity index (χ0v) is 40.3. The Kier molecular flexibility index (Phi) is 9.48. The molecule has 0 saturated carbocycles. The third kappa shape index (κ3) is 6.40. The average molecular weight is 940 g/mol. The average Bonchev–Trinajstić information content (AvgIpc) is 4.00. The van der Waals surface area contributed by atoms with Gasteiger partial charge in [-0.15, -0.1) is 0 Å². The second-order valence-electron chi connectivity index (χ2n) is 19.6. The normalized spacial score (nSPS) is 12.7. The highest BCUT2D eigenvalue weighted by Crippen LogP contribution is 2.56. The highest BCUT2D eigenvalue weighted by Gasteiger charge is 2.46. The standard InChI is InChI=1S/C71H45N3/c1-3-18-53(19-4-1)71(54-20-5-2-6-21-54)64-28-13-11-24-58(64)59-40-39-55(44-65(59)71)74-67-29-14-12-25-60(67)63-43-52(38-41-68(63)74)48-32-30-46(31-33-48)50-16-15-17-51(42-50)47-34-36-49(37-35-47)66-45-72-69-61-26-9-7-22-56(61)57-23-8-10-27-62(57)70(69)73-66/h1-45H. The molecule has 0 radical (unpaired) electrons. The van der Waals surface area contributed by atoms with Crippen LogP contribution in [0.1, 0.15) is 22.3 Å². The SMILES string of the molecule is c1ccc(C2(c3ccccc3)c3ccccc3-c3ccc(-n4c5ccccc5c5cc(-c6ccc(-c7cccc(-c8ccc(-c9cnc%10c%11ccccc%11c%11ccccc%11c%10n9)cc8)c7)cc6)ccc54)cc32)cc1. The summed E-state index contributed by atoms with van der Waals surface area (Å²) in [6, 6.07) is 97.6. The van der Waals surface area contributed by atoms with Gasteiger partial charge in [-0.2, -0.15) is 0 Å². The van der Waals surface area contributed by atoms with Crippen LogP contribution >= 0.6 is 0 Å². The lowest BCUT2D eigenvalue weighted by molar-refractivity contribution is 0.767. The van der Waals surface area contributed by atoms with Crippen LogP contribution in [0.4, 0.5) is 0 Å². The molecular weight excluding hydrogens is 895 g/mol. The number of aromatic nitrogens is 3. The lowest BCUT2D eigenvalue weighted by Crippen LogP contribution is -2.28. The summed E-state index contributed by atoms with van der Waals surface area (Å²) in [6.45, 7) is 0. The molecule has 0 atom stereocenters. The molecule has 0 spiro atoms. The fourth-order valence-corrected chi connectivity index (χ4v) is 12.3. The Morgan fingerprint density at radius 3 is 1.46 bits per heavy atom. The summed E-state index contributed by atoms with van der Waals surface area (Å²) in [5.41, 5.74) is 21.6. The fourth-order valence-electron chi connectivity index (χ4n) is 12.3. The zero-order chi connectivity index (χ0) is 48.7. The summed E-state index contributed by atoms with van der Waals surface area (Å²) >= 11 is 0. The molecule has 0 amide bonds. The van der Waals surface area contributed by atoms with E-state index in [2.05, 4.69) is 271 Å². The van der Waals surface area contributed by atoms with E-state index in [1.807, 2.05) is 6.20 Å². The Bertz CT molecular complexity index is 4440. The van der Waals surface area contributed by atoms with Crippen LogP contribution in [0.25, 0.3) is 116 Å². The Morgan fingerprint density at radius 2 is 0.797 bits per heavy atom. The molecule has 74 heavy (non-hydrogen) atoms. The van der Waals surface area contributed by atoms with E-state index in [4.69, 9.17) is 9.97 Å². The summed E-state index contributed by atoms with van der Waals surface area (Å²) in [5.74, 6) is 0. The summed E-state index contributed by atoms with van der Waals surface area (Å²) < 4.78 is 2.46. The molecule has 3 nitrogen and oxygen atoms in total. The third-order valence-electron chi connectivity index (χ3n) is 15.7. The van der Waals surface area contributed by atoms with Gasteiger partial charge in [0.05, 0.1) is 39.4 Å². The number of hydrogen-bond donors (Lipinski definition) is 0. The maximum absolute atomic E-state index is 5.23. The Morgan fingerprint density at radius 1 is 0.297 bits per heavy atom. The minimum Gasteiger partial charge on any atom is -0.309 e. The lowest BCUT2D eigenvalue weighted by Gasteiger charge is -2.34. The van der Waals surface area contributed by atoms with E-state index in [1.54, 1.807) is 0 Å². The number of fused-ring (bicyclic) bond motifs is 12. The molecule has 0 aliphatic heterocycles. The summed E-state index contributed by atoms with van der Waals surface area (Å²) in [7, 11) is 0. The first-order valence-electron chi connectivity index (χ1n) is 25.5. The van der Waals surface area contributed by atoms with E-state index in [-0.39, 0.29) is 0 Å². The first-order chi connectivity index (χ1) is 36.7. The van der Waals surface area contributed by atoms with Crippen molar-refractivity contribution in [2.24, 2.45) is 0 Å². The molecular formula is C71H45N3. The van der Waals surface area contributed by atoms with E-state index < -0.39 is 5.41 Å². The fraction of sp³-hybridized carbons (Fsp3) is 0.0141. The van der Waals surface area contributed by atoms with Crippen molar-refractivity contribution in [3.8, 4) is 61.5 Å². The molecule has 2 aromatic heterocycles. The molecule has 0 saturated heterocycles. The Hall–Kier alpha value is -9.70. The van der Waals surface area contributed by atoms with Crippen molar-refractivity contribution in [1.82, 2.24) is 14.5 Å². The zero-order valence-electron chi connectivity index (χ0n) is 40.3. The maximum atomic E-state index is 5.23. The van der Waals surface area contributed by atoms with Crippen LogP contribution < -0.4 is 0 Å². The molecule has 0 fully saturated rings. The molecule has 12 aromatic carbocycles. The van der Waals surface area contributed by atoms with Crippen molar-refractivity contribution in [2.75, 3.05) is 0 Å². The van der Waals surface area contributed by atoms with Gasteiger partial charge in [-0.1, -0.05) is 231 Å². The van der Waals surface area contributed by atoms with Gasteiger partial charge in [-0.3, -0.25) is 4.98 Å². The third-order valence-corrected chi connectivity index (χ3v) is 15.7. The topological polar surface area (TPSA) is 30.7 Å². The van der Waals surface area contributed by atoms with Crippen molar-refractivity contribution in [1.29, 1.82) is 0 Å². The summed E-state index contributed by atoms with van der Waals surface area (Å²) in [5, 5.41) is 7.11. The maximum Gasteiger partial charge on any atom is 0.0979 e. The van der Waals surface area contributed by atoms with Gasteiger partial charge in [0.2, 0.25) is 0 Å². The van der Waals surface area contributed by atoms with Gasteiger partial charge in [-0.05, 0) is 114 Å². The van der Waals surface area contributed by atoms with E-state index >= 15 is 0 Å². The number of nitrogens with zero attached hydrogens (tertiary/aromatic N) is 3. The lowest BCUT2D eigenvalue weighted by atomic mass is 9.67. The molecule has 0 N–H and O–H groups in total. The second kappa shape index (κ2) is 16.7. The van der Waals surface area contributed by atoms with Crippen molar-refractivity contribution in [3.63, 3.8) is 0 Å². The molecule has 15 rings (SSSR count). The second-order valence-corrected chi connectivity index (χ2v) is 19.6. The molecule has 1 aliphatic carbocycles. The van der Waals surface area contributed by atoms with Gasteiger partial charge in [0.25, 0.3) is 0 Å². The minimum absolute atomic E-state index is 0.474. The predicted molar refractivity (Wildman–Crippen MR) is 308 cm³/mol. The van der Waals surface area contributed by atoms with Crippen LogP contribution in [0.5, 0.6) is 0 Å². The molecule has 14 aromatic rings. The number of hydrogen-bond acceptors (Lipinski definition) is 2. The van der Waals surface area contributed by atoms with Crippen LogP contribution in [0.15, 0.2) is 273 Å². The van der Waals surface area contributed by atoms with Crippen LogP contribution in [0, 0.1) is 0 Å². The minimum atomic E-state index is -0.474. The van der Waals surface area contributed by atoms with Gasteiger partial charge in [0.1, 0.15) is 0 Å². The predicted octanol–water partition coefficient (Wildman–Crippen LogP) is 18.1. The van der Waals surface area contributed by atoms with Gasteiger partial charge in [0.15, 0.2) is 0 Å².